The number of likely N-dealkylation sites (tertiary alicyclic amines) is 1. The molecular weight excluding hydrogens is 424 g/mol. The van der Waals surface area contributed by atoms with Crippen molar-refractivity contribution in [3.8, 4) is 22.8 Å². The molecule has 0 spiro atoms. The standard InChI is InChI=1S/C22H22N8O3/c1-3-30-11-8-19(27-30)26-21-23-10-7-16(25-21)14-5-4-6-15(24-14)17-13-18(33-28-17)22(32)9-12-29(2)20(22)31/h4-8,10-11,13,32H,3,9,12H2,1-2H3,(H,23,25,26,27). The number of likely N-dealkylation sites (N-methyl/N-ethyl adjacent to an activating group) is 1. The summed E-state index contributed by atoms with van der Waals surface area (Å²) in [6.45, 7) is 3.22. The Hall–Kier alpha value is -4.12. The molecule has 1 atom stereocenters. The molecule has 1 unspecified atom stereocenters. The number of amides is 1. The van der Waals surface area contributed by atoms with E-state index >= 15 is 0 Å². The fraction of sp³-hybridized carbons (Fsp3) is 0.273. The van der Waals surface area contributed by atoms with Gasteiger partial charge in [-0.3, -0.25) is 9.48 Å². The van der Waals surface area contributed by atoms with Crippen molar-refractivity contribution in [3.05, 3.63) is 54.6 Å². The quantitative estimate of drug-likeness (QED) is 0.457. The Morgan fingerprint density at radius 1 is 1.15 bits per heavy atom. The summed E-state index contributed by atoms with van der Waals surface area (Å²) in [7, 11) is 1.64. The van der Waals surface area contributed by atoms with E-state index in [0.29, 0.717) is 41.1 Å². The van der Waals surface area contributed by atoms with Crippen molar-refractivity contribution in [2.45, 2.75) is 25.5 Å². The molecule has 1 aliphatic rings. The van der Waals surface area contributed by atoms with E-state index in [1.54, 1.807) is 36.1 Å². The van der Waals surface area contributed by atoms with Crippen LogP contribution in [0.3, 0.4) is 0 Å². The number of carbonyl (C=O) groups is 1. The smallest absolute Gasteiger partial charge is 0.262 e. The zero-order valence-corrected chi connectivity index (χ0v) is 18.1. The van der Waals surface area contributed by atoms with Gasteiger partial charge in [-0.15, -0.1) is 0 Å². The third-order valence-electron chi connectivity index (χ3n) is 5.56. The molecule has 2 N–H and O–H groups in total. The minimum Gasteiger partial charge on any atom is -0.373 e. The van der Waals surface area contributed by atoms with Gasteiger partial charge >= 0.3 is 0 Å². The number of aliphatic hydroxyl groups is 1. The van der Waals surface area contributed by atoms with Crippen LogP contribution in [0.4, 0.5) is 11.8 Å². The largest absolute Gasteiger partial charge is 0.373 e. The lowest BCUT2D eigenvalue weighted by molar-refractivity contribution is -0.144. The van der Waals surface area contributed by atoms with Crippen molar-refractivity contribution in [1.29, 1.82) is 0 Å². The number of nitrogens with zero attached hydrogens (tertiary/aromatic N) is 7. The zero-order chi connectivity index (χ0) is 23.0. The maximum Gasteiger partial charge on any atom is 0.262 e. The summed E-state index contributed by atoms with van der Waals surface area (Å²) < 4.78 is 7.14. The molecule has 5 heterocycles. The van der Waals surface area contributed by atoms with Crippen LogP contribution in [0.25, 0.3) is 22.8 Å². The second-order valence-corrected chi connectivity index (χ2v) is 7.77. The highest BCUT2D eigenvalue weighted by molar-refractivity contribution is 5.87. The summed E-state index contributed by atoms with van der Waals surface area (Å²) in [5, 5.41) is 22.3. The average Bonchev–Trinajstić information content (AvgIpc) is 3.57. The van der Waals surface area contributed by atoms with Gasteiger partial charge in [-0.2, -0.15) is 5.10 Å². The Morgan fingerprint density at radius 2 is 1.94 bits per heavy atom. The SMILES string of the molecule is CCn1ccc(Nc2nccc(-c3cccc(-c4cc(C5(O)CCN(C)C5=O)on4)n3)n2)n1. The second-order valence-electron chi connectivity index (χ2n) is 7.77. The Labute approximate surface area is 189 Å². The van der Waals surface area contributed by atoms with Crippen LogP contribution in [0.1, 0.15) is 19.1 Å². The summed E-state index contributed by atoms with van der Waals surface area (Å²) in [5.41, 5.74) is 0.464. The van der Waals surface area contributed by atoms with Gasteiger partial charge in [-0.05, 0) is 25.1 Å². The predicted octanol–water partition coefficient (Wildman–Crippen LogP) is 2.20. The van der Waals surface area contributed by atoms with E-state index in [9.17, 15) is 9.90 Å². The van der Waals surface area contributed by atoms with E-state index in [2.05, 4.69) is 30.5 Å². The van der Waals surface area contributed by atoms with Crippen LogP contribution in [0.5, 0.6) is 0 Å². The topological polar surface area (TPSA) is 135 Å². The van der Waals surface area contributed by atoms with Gasteiger partial charge in [-0.1, -0.05) is 11.2 Å². The van der Waals surface area contributed by atoms with Gasteiger partial charge in [-0.25, -0.2) is 15.0 Å². The first kappa shape index (κ1) is 20.8. The predicted molar refractivity (Wildman–Crippen MR) is 118 cm³/mol. The summed E-state index contributed by atoms with van der Waals surface area (Å²) in [6, 6.07) is 10.6. The van der Waals surface area contributed by atoms with E-state index in [-0.39, 0.29) is 12.2 Å². The van der Waals surface area contributed by atoms with E-state index in [4.69, 9.17) is 4.52 Å². The molecular formula is C22H22N8O3. The van der Waals surface area contributed by atoms with Crippen LogP contribution in [0.15, 0.2) is 53.3 Å². The first-order chi connectivity index (χ1) is 16.0. The third kappa shape index (κ3) is 3.82. The lowest BCUT2D eigenvalue weighted by atomic mass is 9.98. The van der Waals surface area contributed by atoms with Gasteiger partial charge < -0.3 is 19.8 Å². The molecule has 0 bridgehead atoms. The molecule has 33 heavy (non-hydrogen) atoms. The van der Waals surface area contributed by atoms with Crippen molar-refractivity contribution < 1.29 is 14.4 Å². The molecule has 1 aliphatic heterocycles. The van der Waals surface area contributed by atoms with E-state index in [1.807, 2.05) is 31.3 Å². The zero-order valence-electron chi connectivity index (χ0n) is 18.1. The van der Waals surface area contributed by atoms with Gasteiger partial charge in [0, 0.05) is 51.1 Å². The van der Waals surface area contributed by atoms with Crippen molar-refractivity contribution in [3.63, 3.8) is 0 Å². The number of hydrogen-bond donors (Lipinski definition) is 2. The molecule has 1 fully saturated rings. The number of carbonyl (C=O) groups excluding carboxylic acids is 1. The third-order valence-corrected chi connectivity index (χ3v) is 5.56. The fourth-order valence-corrected chi connectivity index (χ4v) is 3.67. The molecule has 11 heteroatoms. The maximum absolute atomic E-state index is 12.3. The molecule has 0 saturated carbocycles. The molecule has 5 rings (SSSR count). The Balaban J connectivity index is 1.40. The number of anilines is 2. The van der Waals surface area contributed by atoms with Crippen LogP contribution in [0, 0.1) is 0 Å². The Kier molecular flexibility index (Phi) is 5.09. The lowest BCUT2D eigenvalue weighted by Gasteiger charge is -2.16. The van der Waals surface area contributed by atoms with Crippen LogP contribution < -0.4 is 5.32 Å². The summed E-state index contributed by atoms with van der Waals surface area (Å²) in [6.07, 6.45) is 3.76. The van der Waals surface area contributed by atoms with Gasteiger partial charge in [0.05, 0.1) is 17.1 Å². The normalized spacial score (nSPS) is 18.2. The number of rotatable bonds is 6. The second kappa shape index (κ2) is 8.10. The summed E-state index contributed by atoms with van der Waals surface area (Å²) in [5.74, 6) is 0.752. The molecule has 0 aliphatic carbocycles. The van der Waals surface area contributed by atoms with Crippen LogP contribution in [-0.4, -0.2) is 59.4 Å². The summed E-state index contributed by atoms with van der Waals surface area (Å²) >= 11 is 0. The molecule has 0 aromatic carbocycles. The molecule has 4 aromatic heterocycles. The summed E-state index contributed by atoms with van der Waals surface area (Å²) in [4.78, 5) is 27.2. The fourth-order valence-electron chi connectivity index (χ4n) is 3.67. The van der Waals surface area contributed by atoms with E-state index < -0.39 is 11.5 Å². The van der Waals surface area contributed by atoms with Gasteiger partial charge in [0.2, 0.25) is 11.5 Å². The first-order valence-electron chi connectivity index (χ1n) is 10.5. The highest BCUT2D eigenvalue weighted by atomic mass is 16.5. The van der Waals surface area contributed by atoms with Crippen molar-refractivity contribution in [1.82, 2.24) is 34.8 Å². The highest BCUT2D eigenvalue weighted by Gasteiger charge is 2.48. The molecule has 0 radical (unpaired) electrons. The van der Waals surface area contributed by atoms with Gasteiger partial charge in [0.1, 0.15) is 5.69 Å². The van der Waals surface area contributed by atoms with E-state index in [0.717, 1.165) is 6.54 Å². The Morgan fingerprint density at radius 3 is 2.67 bits per heavy atom. The molecule has 1 amide bonds. The van der Waals surface area contributed by atoms with Crippen LogP contribution in [0.2, 0.25) is 0 Å². The molecule has 11 nitrogen and oxygen atoms in total. The van der Waals surface area contributed by atoms with Crippen LogP contribution in [-0.2, 0) is 16.9 Å². The van der Waals surface area contributed by atoms with Crippen molar-refractivity contribution in [2.75, 3.05) is 18.9 Å². The molecule has 168 valence electrons. The number of aryl methyl sites for hydroxylation is 1. The highest BCUT2D eigenvalue weighted by Crippen LogP contribution is 2.34. The number of nitrogens with one attached hydrogen (secondary N) is 1. The minimum absolute atomic E-state index is 0.110. The first-order valence-corrected chi connectivity index (χ1v) is 10.5. The van der Waals surface area contributed by atoms with Gasteiger partial charge in [0.25, 0.3) is 5.91 Å². The molecule has 4 aromatic rings. The lowest BCUT2D eigenvalue weighted by Crippen LogP contribution is -2.35. The number of aromatic nitrogens is 6. The number of pyridine rings is 1. The Bertz CT molecular complexity index is 1320. The minimum atomic E-state index is -1.70. The molecule has 1 saturated heterocycles. The average molecular weight is 446 g/mol. The maximum atomic E-state index is 12.3. The monoisotopic (exact) mass is 446 g/mol. The van der Waals surface area contributed by atoms with Crippen LogP contribution >= 0.6 is 0 Å². The number of hydrogen-bond acceptors (Lipinski definition) is 9. The van der Waals surface area contributed by atoms with Gasteiger partial charge in [0.15, 0.2) is 11.6 Å². The van der Waals surface area contributed by atoms with E-state index in [1.165, 1.54) is 4.90 Å². The van der Waals surface area contributed by atoms with Crippen molar-refractivity contribution in [2.24, 2.45) is 0 Å². The van der Waals surface area contributed by atoms with Crippen molar-refractivity contribution >= 4 is 17.7 Å².